The monoisotopic (exact) mass is 348 g/mol. The van der Waals surface area contributed by atoms with Crippen LogP contribution in [0.3, 0.4) is 0 Å². The van der Waals surface area contributed by atoms with Gasteiger partial charge >= 0.3 is 5.76 Å². The molecule has 0 atom stereocenters. The molecule has 24 heavy (non-hydrogen) atoms. The number of hydrogen-bond donors (Lipinski definition) is 1. The minimum Gasteiger partial charge on any atom is -0.408 e. The van der Waals surface area contributed by atoms with Crippen molar-refractivity contribution in [2.75, 3.05) is 0 Å². The SMILES string of the molecule is Cn1c(=O)oc2ccc(S(=O)(=O)NCc3cncn3C3CC3)cc21. The summed E-state index contributed by atoms with van der Waals surface area (Å²) in [6, 6.07) is 4.77. The number of nitrogens with zero attached hydrogens (tertiary/aromatic N) is 3. The number of fused-ring (bicyclic) bond motifs is 1. The number of rotatable bonds is 5. The molecule has 8 nitrogen and oxygen atoms in total. The molecule has 0 saturated heterocycles. The second kappa shape index (κ2) is 5.32. The Kier molecular flexibility index (Phi) is 3.36. The molecule has 9 heteroatoms. The molecule has 0 radical (unpaired) electrons. The van der Waals surface area contributed by atoms with Gasteiger partial charge in [0.15, 0.2) is 5.58 Å². The molecule has 4 rings (SSSR count). The van der Waals surface area contributed by atoms with E-state index in [1.54, 1.807) is 12.5 Å². The van der Waals surface area contributed by atoms with Crippen LogP contribution in [-0.4, -0.2) is 22.5 Å². The largest absolute Gasteiger partial charge is 0.419 e. The van der Waals surface area contributed by atoms with Crippen molar-refractivity contribution in [1.29, 1.82) is 0 Å². The van der Waals surface area contributed by atoms with Crippen LogP contribution in [0.15, 0.2) is 44.8 Å². The molecule has 1 aromatic carbocycles. The number of nitrogens with one attached hydrogen (secondary N) is 1. The molecule has 2 aromatic heterocycles. The van der Waals surface area contributed by atoms with Crippen LogP contribution in [0.4, 0.5) is 0 Å². The van der Waals surface area contributed by atoms with Crippen LogP contribution in [-0.2, 0) is 23.6 Å². The number of sulfonamides is 1. The van der Waals surface area contributed by atoms with Crippen LogP contribution in [0.5, 0.6) is 0 Å². The van der Waals surface area contributed by atoms with Gasteiger partial charge in [0.25, 0.3) is 0 Å². The van der Waals surface area contributed by atoms with E-state index in [4.69, 9.17) is 4.42 Å². The van der Waals surface area contributed by atoms with Crippen LogP contribution in [0, 0.1) is 0 Å². The molecule has 126 valence electrons. The molecule has 0 aliphatic heterocycles. The summed E-state index contributed by atoms with van der Waals surface area (Å²) < 4.78 is 35.9. The van der Waals surface area contributed by atoms with Crippen molar-refractivity contribution in [3.8, 4) is 0 Å². The summed E-state index contributed by atoms with van der Waals surface area (Å²) in [4.78, 5) is 15.7. The topological polar surface area (TPSA) is 99.1 Å². The Morgan fingerprint density at radius 3 is 2.92 bits per heavy atom. The lowest BCUT2D eigenvalue weighted by Gasteiger charge is -2.09. The quantitative estimate of drug-likeness (QED) is 0.745. The minimum atomic E-state index is -3.71. The maximum absolute atomic E-state index is 12.5. The van der Waals surface area contributed by atoms with E-state index in [1.807, 2.05) is 4.57 Å². The summed E-state index contributed by atoms with van der Waals surface area (Å²) in [6.45, 7) is 0.168. The highest BCUT2D eigenvalue weighted by Gasteiger charge is 2.26. The highest BCUT2D eigenvalue weighted by molar-refractivity contribution is 7.89. The molecule has 0 spiro atoms. The van der Waals surface area contributed by atoms with Gasteiger partial charge in [-0.1, -0.05) is 0 Å². The Balaban J connectivity index is 1.61. The Labute approximate surface area is 137 Å². The van der Waals surface area contributed by atoms with E-state index in [0.29, 0.717) is 17.1 Å². The standard InChI is InChI=1S/C15H16N4O4S/c1-18-13-6-12(4-5-14(13)23-15(18)20)24(21,22)17-8-11-7-16-9-19(11)10-2-3-10/h4-7,9-10,17H,2-3,8H2,1H3. The Bertz CT molecular complexity index is 1070. The average Bonchev–Trinajstić information content (AvgIpc) is 3.23. The first-order chi connectivity index (χ1) is 11.5. The van der Waals surface area contributed by atoms with Crippen LogP contribution in [0.2, 0.25) is 0 Å². The molecule has 1 saturated carbocycles. The average molecular weight is 348 g/mol. The van der Waals surface area contributed by atoms with Gasteiger partial charge in [-0.25, -0.2) is 22.9 Å². The lowest BCUT2D eigenvalue weighted by Crippen LogP contribution is -2.24. The van der Waals surface area contributed by atoms with Gasteiger partial charge in [0.05, 0.1) is 29.0 Å². The molecule has 1 aliphatic carbocycles. The number of imidazole rings is 1. The normalized spacial score (nSPS) is 15.2. The van der Waals surface area contributed by atoms with Gasteiger partial charge in [0.2, 0.25) is 10.0 Å². The van der Waals surface area contributed by atoms with Crippen LogP contribution in [0.1, 0.15) is 24.6 Å². The van der Waals surface area contributed by atoms with Crippen molar-refractivity contribution in [2.45, 2.75) is 30.3 Å². The first-order valence-corrected chi connectivity index (χ1v) is 9.04. The molecule has 0 amide bonds. The third kappa shape index (κ3) is 2.55. The summed E-state index contributed by atoms with van der Waals surface area (Å²) in [5.74, 6) is -0.527. The zero-order chi connectivity index (χ0) is 16.9. The summed E-state index contributed by atoms with van der Waals surface area (Å²) in [6.07, 6.45) is 5.60. The molecule has 1 aliphatic rings. The first kappa shape index (κ1) is 15.2. The highest BCUT2D eigenvalue weighted by Crippen LogP contribution is 2.35. The van der Waals surface area contributed by atoms with E-state index in [9.17, 15) is 13.2 Å². The van der Waals surface area contributed by atoms with E-state index < -0.39 is 15.8 Å². The summed E-state index contributed by atoms with van der Waals surface area (Å²) in [7, 11) is -2.17. The lowest BCUT2D eigenvalue weighted by molar-refractivity contribution is 0.528. The Hall–Kier alpha value is -2.39. The van der Waals surface area contributed by atoms with Crippen LogP contribution < -0.4 is 10.5 Å². The highest BCUT2D eigenvalue weighted by atomic mass is 32.2. The third-order valence-corrected chi connectivity index (χ3v) is 5.60. The van der Waals surface area contributed by atoms with Gasteiger partial charge < -0.3 is 8.98 Å². The first-order valence-electron chi connectivity index (χ1n) is 7.56. The van der Waals surface area contributed by atoms with Gasteiger partial charge in [0.1, 0.15) is 0 Å². The summed E-state index contributed by atoms with van der Waals surface area (Å²) in [5.41, 5.74) is 1.62. The zero-order valence-corrected chi connectivity index (χ0v) is 13.8. The van der Waals surface area contributed by atoms with E-state index in [0.717, 1.165) is 18.5 Å². The van der Waals surface area contributed by atoms with Gasteiger partial charge in [-0.05, 0) is 31.0 Å². The summed E-state index contributed by atoms with van der Waals surface area (Å²) >= 11 is 0. The molecule has 3 aromatic rings. The van der Waals surface area contributed by atoms with Gasteiger partial charge in [0, 0.05) is 19.3 Å². The predicted octanol–water partition coefficient (Wildman–Crippen LogP) is 1.14. The fraction of sp³-hybridized carbons (Fsp3) is 0.333. The van der Waals surface area contributed by atoms with E-state index in [2.05, 4.69) is 9.71 Å². The van der Waals surface area contributed by atoms with E-state index >= 15 is 0 Å². The van der Waals surface area contributed by atoms with E-state index in [-0.39, 0.29) is 11.4 Å². The zero-order valence-electron chi connectivity index (χ0n) is 13.0. The van der Waals surface area contributed by atoms with Crippen molar-refractivity contribution in [1.82, 2.24) is 18.8 Å². The van der Waals surface area contributed by atoms with Crippen LogP contribution >= 0.6 is 0 Å². The third-order valence-electron chi connectivity index (χ3n) is 4.20. The number of benzene rings is 1. The Morgan fingerprint density at radius 2 is 2.17 bits per heavy atom. The van der Waals surface area contributed by atoms with Crippen LogP contribution in [0.25, 0.3) is 11.1 Å². The van der Waals surface area contributed by atoms with E-state index in [1.165, 1.54) is 29.8 Å². The van der Waals surface area contributed by atoms with Crippen molar-refractivity contribution < 1.29 is 12.8 Å². The fourth-order valence-corrected chi connectivity index (χ4v) is 3.69. The van der Waals surface area contributed by atoms with Gasteiger partial charge in [-0.2, -0.15) is 0 Å². The minimum absolute atomic E-state index is 0.0869. The molecule has 2 heterocycles. The number of aromatic nitrogens is 3. The molecule has 1 N–H and O–H groups in total. The van der Waals surface area contributed by atoms with Gasteiger partial charge in [-0.15, -0.1) is 0 Å². The lowest BCUT2D eigenvalue weighted by atomic mass is 10.3. The molecular weight excluding hydrogens is 332 g/mol. The van der Waals surface area contributed by atoms with Crippen molar-refractivity contribution in [3.05, 3.63) is 47.0 Å². The van der Waals surface area contributed by atoms with Crippen molar-refractivity contribution in [2.24, 2.45) is 7.05 Å². The fourth-order valence-electron chi connectivity index (χ4n) is 2.68. The molecule has 0 unspecified atom stereocenters. The Morgan fingerprint density at radius 1 is 1.38 bits per heavy atom. The second-order valence-corrected chi connectivity index (χ2v) is 7.67. The van der Waals surface area contributed by atoms with Gasteiger partial charge in [-0.3, -0.25) is 4.57 Å². The number of hydrogen-bond acceptors (Lipinski definition) is 5. The predicted molar refractivity (Wildman–Crippen MR) is 86.0 cm³/mol. The summed E-state index contributed by atoms with van der Waals surface area (Å²) in [5, 5.41) is 0. The smallest absolute Gasteiger partial charge is 0.408 e. The second-order valence-electron chi connectivity index (χ2n) is 5.90. The molecular formula is C15H16N4O4S. The molecule has 0 bridgehead atoms. The number of oxazole rings is 1. The van der Waals surface area contributed by atoms with Crippen molar-refractivity contribution in [3.63, 3.8) is 0 Å². The maximum Gasteiger partial charge on any atom is 0.419 e. The number of aryl methyl sites for hydroxylation is 1. The maximum atomic E-state index is 12.5. The molecule has 1 fully saturated rings. The van der Waals surface area contributed by atoms with Crippen molar-refractivity contribution >= 4 is 21.1 Å².